The van der Waals surface area contributed by atoms with Gasteiger partial charge in [-0.1, -0.05) is 12.1 Å². The van der Waals surface area contributed by atoms with E-state index < -0.39 is 6.04 Å². The molecule has 7 nitrogen and oxygen atoms in total. The van der Waals surface area contributed by atoms with Crippen LogP contribution in [0.5, 0.6) is 0 Å². The highest BCUT2D eigenvalue weighted by Crippen LogP contribution is 2.27. The zero-order chi connectivity index (χ0) is 20.7. The molecule has 0 bridgehead atoms. The molecule has 1 aliphatic heterocycles. The molecular weight excluding hydrogens is 366 g/mol. The standard InChI is InChI=1S/C22H25N5O2/c1-5-26-13-16(12-23-26)19-11-18(17-7-6-14(2)10-20(17)24-19)22(29)27-9-8-25(4)21(28)15(27)3/h6-7,10-13,15H,5,8-9H2,1-4H3/t15-/m0/s1. The van der Waals surface area contributed by atoms with Crippen LogP contribution in [-0.4, -0.2) is 62.6 Å². The Balaban J connectivity index is 1.84. The molecule has 150 valence electrons. The Morgan fingerprint density at radius 2 is 2.03 bits per heavy atom. The lowest BCUT2D eigenvalue weighted by molar-refractivity contribution is -0.137. The summed E-state index contributed by atoms with van der Waals surface area (Å²) in [5.74, 6) is -0.178. The van der Waals surface area contributed by atoms with E-state index in [1.165, 1.54) is 0 Å². The van der Waals surface area contributed by atoms with Crippen molar-refractivity contribution in [1.82, 2.24) is 24.6 Å². The molecule has 1 aromatic carbocycles. The van der Waals surface area contributed by atoms with Crippen molar-refractivity contribution >= 4 is 22.7 Å². The second-order valence-electron chi connectivity index (χ2n) is 7.59. The van der Waals surface area contributed by atoms with E-state index in [4.69, 9.17) is 4.98 Å². The first-order chi connectivity index (χ1) is 13.9. The summed E-state index contributed by atoms with van der Waals surface area (Å²) in [6, 6.07) is 7.24. The van der Waals surface area contributed by atoms with Gasteiger partial charge in [-0.3, -0.25) is 14.3 Å². The van der Waals surface area contributed by atoms with Crippen molar-refractivity contribution in [3.8, 4) is 11.3 Å². The fraction of sp³-hybridized carbons (Fsp3) is 0.364. The van der Waals surface area contributed by atoms with Gasteiger partial charge in [-0.2, -0.15) is 5.10 Å². The molecule has 29 heavy (non-hydrogen) atoms. The highest BCUT2D eigenvalue weighted by atomic mass is 16.2. The monoisotopic (exact) mass is 391 g/mol. The molecule has 1 atom stereocenters. The lowest BCUT2D eigenvalue weighted by atomic mass is 10.0. The third kappa shape index (κ3) is 3.37. The van der Waals surface area contributed by atoms with Gasteiger partial charge in [0.1, 0.15) is 6.04 Å². The van der Waals surface area contributed by atoms with E-state index in [0.717, 1.165) is 28.6 Å². The topological polar surface area (TPSA) is 71.3 Å². The number of piperazine rings is 1. The van der Waals surface area contributed by atoms with Crippen LogP contribution in [0, 0.1) is 6.92 Å². The third-order valence-electron chi connectivity index (χ3n) is 5.59. The number of pyridine rings is 1. The number of hydrogen-bond acceptors (Lipinski definition) is 4. The van der Waals surface area contributed by atoms with Crippen molar-refractivity contribution in [2.75, 3.05) is 20.1 Å². The van der Waals surface area contributed by atoms with Gasteiger partial charge in [0.25, 0.3) is 5.91 Å². The average Bonchev–Trinajstić information content (AvgIpc) is 3.20. The minimum Gasteiger partial charge on any atom is -0.342 e. The maximum Gasteiger partial charge on any atom is 0.255 e. The van der Waals surface area contributed by atoms with E-state index in [-0.39, 0.29) is 11.8 Å². The lowest BCUT2D eigenvalue weighted by Gasteiger charge is -2.37. The normalized spacial score (nSPS) is 17.2. The number of aromatic nitrogens is 3. The molecule has 2 amide bonds. The van der Waals surface area contributed by atoms with E-state index in [0.29, 0.717) is 24.3 Å². The minimum absolute atomic E-state index is 0.0387. The molecule has 3 aromatic rings. The second-order valence-corrected chi connectivity index (χ2v) is 7.59. The van der Waals surface area contributed by atoms with Crippen LogP contribution in [0.25, 0.3) is 22.2 Å². The average molecular weight is 391 g/mol. The van der Waals surface area contributed by atoms with Crippen LogP contribution in [0.4, 0.5) is 0 Å². The predicted molar refractivity (Wildman–Crippen MR) is 112 cm³/mol. The summed E-state index contributed by atoms with van der Waals surface area (Å²) >= 11 is 0. The van der Waals surface area contributed by atoms with Gasteiger partial charge in [-0.25, -0.2) is 4.98 Å². The van der Waals surface area contributed by atoms with Crippen molar-refractivity contribution < 1.29 is 9.59 Å². The van der Waals surface area contributed by atoms with E-state index in [1.807, 2.05) is 49.0 Å². The summed E-state index contributed by atoms with van der Waals surface area (Å²) in [7, 11) is 1.77. The number of rotatable bonds is 3. The Bertz CT molecular complexity index is 1100. The summed E-state index contributed by atoms with van der Waals surface area (Å²) < 4.78 is 1.83. The molecule has 0 spiro atoms. The molecule has 1 saturated heterocycles. The van der Waals surface area contributed by atoms with Crippen molar-refractivity contribution in [2.24, 2.45) is 0 Å². The van der Waals surface area contributed by atoms with Crippen molar-refractivity contribution in [2.45, 2.75) is 33.4 Å². The van der Waals surface area contributed by atoms with Gasteiger partial charge in [-0.15, -0.1) is 0 Å². The second kappa shape index (κ2) is 7.31. The van der Waals surface area contributed by atoms with Crippen LogP contribution < -0.4 is 0 Å². The maximum absolute atomic E-state index is 13.5. The molecule has 0 aliphatic carbocycles. The van der Waals surface area contributed by atoms with Gasteiger partial charge >= 0.3 is 0 Å². The molecule has 0 saturated carbocycles. The first-order valence-corrected chi connectivity index (χ1v) is 9.89. The zero-order valence-corrected chi connectivity index (χ0v) is 17.2. The van der Waals surface area contributed by atoms with Crippen LogP contribution >= 0.6 is 0 Å². The van der Waals surface area contributed by atoms with Crippen LogP contribution in [0.15, 0.2) is 36.7 Å². The number of benzene rings is 1. The quantitative estimate of drug-likeness (QED) is 0.688. The number of carbonyl (C=O) groups excluding carboxylic acids is 2. The minimum atomic E-state index is -0.485. The van der Waals surface area contributed by atoms with Gasteiger partial charge < -0.3 is 9.80 Å². The first kappa shape index (κ1) is 19.1. The molecule has 0 radical (unpaired) electrons. The zero-order valence-electron chi connectivity index (χ0n) is 17.2. The highest BCUT2D eigenvalue weighted by Gasteiger charge is 2.33. The lowest BCUT2D eigenvalue weighted by Crippen LogP contribution is -2.56. The smallest absolute Gasteiger partial charge is 0.255 e. The first-order valence-electron chi connectivity index (χ1n) is 9.89. The molecule has 1 aliphatic rings. The third-order valence-corrected chi connectivity index (χ3v) is 5.59. The number of likely N-dealkylation sites (N-methyl/N-ethyl adjacent to an activating group) is 1. The SMILES string of the molecule is CCn1cc(-c2cc(C(=O)N3CCN(C)C(=O)[C@@H]3C)c3ccc(C)cc3n2)cn1. The molecule has 4 rings (SSSR count). The number of aryl methyl sites for hydroxylation is 2. The molecule has 0 unspecified atom stereocenters. The molecule has 0 N–H and O–H groups in total. The fourth-order valence-electron chi connectivity index (χ4n) is 3.78. The number of fused-ring (bicyclic) bond motifs is 1. The van der Waals surface area contributed by atoms with Crippen LogP contribution in [0.3, 0.4) is 0 Å². The molecule has 7 heteroatoms. The Labute approximate surface area is 169 Å². The number of nitrogens with zero attached hydrogens (tertiary/aromatic N) is 5. The van der Waals surface area contributed by atoms with E-state index in [1.54, 1.807) is 30.0 Å². The highest BCUT2D eigenvalue weighted by molar-refractivity contribution is 6.08. The van der Waals surface area contributed by atoms with Gasteiger partial charge in [0.2, 0.25) is 5.91 Å². The van der Waals surface area contributed by atoms with Crippen molar-refractivity contribution in [3.63, 3.8) is 0 Å². The summed E-state index contributed by atoms with van der Waals surface area (Å²) in [6.07, 6.45) is 3.70. The van der Waals surface area contributed by atoms with Gasteiger partial charge in [0, 0.05) is 43.8 Å². The Morgan fingerprint density at radius 1 is 1.24 bits per heavy atom. The van der Waals surface area contributed by atoms with Crippen LogP contribution in [-0.2, 0) is 11.3 Å². The fourth-order valence-corrected chi connectivity index (χ4v) is 3.78. The maximum atomic E-state index is 13.5. The molecule has 2 aromatic heterocycles. The van der Waals surface area contributed by atoms with E-state index in [2.05, 4.69) is 5.10 Å². The van der Waals surface area contributed by atoms with E-state index >= 15 is 0 Å². The molecular formula is C22H25N5O2. The predicted octanol–water partition coefficient (Wildman–Crippen LogP) is 2.73. The molecule has 3 heterocycles. The summed E-state index contributed by atoms with van der Waals surface area (Å²) in [5.41, 5.74) is 3.99. The van der Waals surface area contributed by atoms with Crippen LogP contribution in [0.1, 0.15) is 29.8 Å². The summed E-state index contributed by atoms with van der Waals surface area (Å²) in [6.45, 7) is 7.63. The van der Waals surface area contributed by atoms with Gasteiger partial charge in [-0.05, 0) is 38.5 Å². The van der Waals surface area contributed by atoms with E-state index in [9.17, 15) is 9.59 Å². The number of hydrogen-bond donors (Lipinski definition) is 0. The summed E-state index contributed by atoms with van der Waals surface area (Å²) in [4.78, 5) is 34.1. The Kier molecular flexibility index (Phi) is 4.82. The Hall–Kier alpha value is -3.22. The van der Waals surface area contributed by atoms with Crippen molar-refractivity contribution in [1.29, 1.82) is 0 Å². The van der Waals surface area contributed by atoms with Crippen molar-refractivity contribution in [3.05, 3.63) is 47.8 Å². The largest absolute Gasteiger partial charge is 0.342 e. The number of amides is 2. The van der Waals surface area contributed by atoms with Gasteiger partial charge in [0.15, 0.2) is 0 Å². The van der Waals surface area contributed by atoms with Gasteiger partial charge in [0.05, 0.1) is 23.0 Å². The molecule has 1 fully saturated rings. The number of carbonyl (C=O) groups is 2. The summed E-state index contributed by atoms with van der Waals surface area (Å²) in [5, 5.41) is 5.13. The Morgan fingerprint density at radius 3 is 2.76 bits per heavy atom. The van der Waals surface area contributed by atoms with Crippen LogP contribution in [0.2, 0.25) is 0 Å².